The fourth-order valence-corrected chi connectivity index (χ4v) is 4.83. The van der Waals surface area contributed by atoms with Crippen molar-refractivity contribution >= 4 is 29.0 Å². The average molecular weight is 494 g/mol. The molecule has 35 heavy (non-hydrogen) atoms. The van der Waals surface area contributed by atoms with Crippen LogP contribution in [0.25, 0.3) is 0 Å². The van der Waals surface area contributed by atoms with E-state index in [4.69, 9.17) is 17.0 Å². The van der Waals surface area contributed by atoms with Gasteiger partial charge >= 0.3 is 0 Å². The monoisotopic (exact) mass is 493 g/mol. The lowest BCUT2D eigenvalue weighted by Crippen LogP contribution is -2.53. The number of carbonyl (C=O) groups excluding carboxylic acids is 2. The van der Waals surface area contributed by atoms with E-state index in [0.717, 1.165) is 44.9 Å². The predicted octanol–water partition coefficient (Wildman–Crippen LogP) is 6.35. The molecule has 1 fully saturated rings. The average Bonchev–Trinajstić information content (AvgIpc) is 2.90. The molecule has 0 bridgehead atoms. The van der Waals surface area contributed by atoms with Crippen molar-refractivity contribution < 1.29 is 14.3 Å². The molecular formula is C30H39NO3S. The fourth-order valence-electron chi connectivity index (χ4n) is 4.45. The van der Waals surface area contributed by atoms with Gasteiger partial charge in [0.1, 0.15) is 12.1 Å². The first-order valence-corrected chi connectivity index (χ1v) is 13.4. The number of amides is 1. The molecular weight excluding hydrogens is 454 g/mol. The molecule has 0 aromatic heterocycles. The number of thiocarbonyl (C=S) groups is 1. The summed E-state index contributed by atoms with van der Waals surface area (Å²) in [4.78, 5) is 27.8. The second kappa shape index (κ2) is 13.0. The van der Waals surface area contributed by atoms with Crippen molar-refractivity contribution in [3.05, 3.63) is 71.8 Å². The zero-order valence-electron chi connectivity index (χ0n) is 21.4. The number of rotatable bonds is 11. The summed E-state index contributed by atoms with van der Waals surface area (Å²) in [5, 5.41) is 0.450. The minimum absolute atomic E-state index is 0.0513. The summed E-state index contributed by atoms with van der Waals surface area (Å²) in [7, 11) is 0. The highest BCUT2D eigenvalue weighted by molar-refractivity contribution is 7.80. The summed E-state index contributed by atoms with van der Waals surface area (Å²) in [6.07, 6.45) is 6.67. The van der Waals surface area contributed by atoms with Crippen LogP contribution in [0.1, 0.15) is 70.4 Å². The van der Waals surface area contributed by atoms with Gasteiger partial charge in [0.25, 0.3) is 5.91 Å². The summed E-state index contributed by atoms with van der Waals surface area (Å²) in [6.45, 7) is 6.17. The largest absolute Gasteiger partial charge is 0.482 e. The molecule has 0 aliphatic carbocycles. The highest BCUT2D eigenvalue weighted by atomic mass is 32.1. The van der Waals surface area contributed by atoms with Crippen LogP contribution < -0.4 is 0 Å². The number of ketones is 1. The van der Waals surface area contributed by atoms with Crippen LogP contribution >= 0.6 is 12.2 Å². The van der Waals surface area contributed by atoms with Crippen molar-refractivity contribution in [3.8, 4) is 0 Å². The molecule has 1 saturated heterocycles. The SMILES string of the molecule is CCC(C)(C)C(=O)C(=O)N1CCCCC1C(=S)OC(CCc1ccccc1)CCc1ccccc1. The molecule has 3 rings (SSSR count). The van der Waals surface area contributed by atoms with Crippen LogP contribution in [0.3, 0.4) is 0 Å². The summed E-state index contributed by atoms with van der Waals surface area (Å²) in [5.41, 5.74) is 1.87. The Morgan fingerprint density at radius 2 is 1.51 bits per heavy atom. The molecule has 1 atom stereocenters. The van der Waals surface area contributed by atoms with Crippen LogP contribution in [-0.4, -0.2) is 40.3 Å². The van der Waals surface area contributed by atoms with Crippen molar-refractivity contribution in [2.75, 3.05) is 6.54 Å². The third-order valence-electron chi connectivity index (χ3n) is 7.21. The van der Waals surface area contributed by atoms with E-state index >= 15 is 0 Å². The summed E-state index contributed by atoms with van der Waals surface area (Å²) in [5.74, 6) is -0.753. The number of likely N-dealkylation sites (tertiary alicyclic amines) is 1. The van der Waals surface area contributed by atoms with E-state index in [2.05, 4.69) is 48.5 Å². The molecule has 0 N–H and O–H groups in total. The molecule has 5 heteroatoms. The second-order valence-corrected chi connectivity index (χ2v) is 10.6. The van der Waals surface area contributed by atoms with Gasteiger partial charge in [0, 0.05) is 12.0 Å². The Labute approximate surface area is 216 Å². The maximum atomic E-state index is 13.2. The highest BCUT2D eigenvalue weighted by Crippen LogP contribution is 2.27. The lowest BCUT2D eigenvalue weighted by atomic mass is 9.84. The van der Waals surface area contributed by atoms with E-state index < -0.39 is 11.3 Å². The maximum Gasteiger partial charge on any atom is 0.291 e. The van der Waals surface area contributed by atoms with Crippen LogP contribution in [0.4, 0.5) is 0 Å². The van der Waals surface area contributed by atoms with Crippen molar-refractivity contribution in [1.29, 1.82) is 0 Å². The fraction of sp³-hybridized carbons (Fsp3) is 0.500. The van der Waals surface area contributed by atoms with E-state index in [9.17, 15) is 9.59 Å². The topological polar surface area (TPSA) is 46.6 Å². The number of piperidine rings is 1. The van der Waals surface area contributed by atoms with E-state index in [1.165, 1.54) is 11.1 Å². The van der Waals surface area contributed by atoms with E-state index in [1.54, 1.807) is 4.90 Å². The van der Waals surface area contributed by atoms with Crippen LogP contribution in [-0.2, 0) is 27.2 Å². The molecule has 1 unspecified atom stereocenters. The van der Waals surface area contributed by atoms with Gasteiger partial charge in [-0.25, -0.2) is 0 Å². The van der Waals surface area contributed by atoms with Gasteiger partial charge in [-0.15, -0.1) is 0 Å². The normalized spacial score (nSPS) is 16.2. The van der Waals surface area contributed by atoms with Crippen LogP contribution in [0.2, 0.25) is 0 Å². The molecule has 1 aliphatic heterocycles. The quantitative estimate of drug-likeness (QED) is 0.270. The smallest absolute Gasteiger partial charge is 0.291 e. The Kier molecular flexibility index (Phi) is 10.0. The minimum atomic E-state index is -0.671. The van der Waals surface area contributed by atoms with Crippen molar-refractivity contribution in [2.45, 2.75) is 84.3 Å². The van der Waals surface area contributed by atoms with Crippen molar-refractivity contribution in [1.82, 2.24) is 4.90 Å². The maximum absolute atomic E-state index is 13.2. The number of carbonyl (C=O) groups is 2. The number of ether oxygens (including phenoxy) is 1. The van der Waals surface area contributed by atoms with Gasteiger partial charge in [0.15, 0.2) is 5.05 Å². The van der Waals surface area contributed by atoms with E-state index in [0.29, 0.717) is 18.0 Å². The Balaban J connectivity index is 1.70. The number of hydrogen-bond donors (Lipinski definition) is 0. The first-order valence-electron chi connectivity index (χ1n) is 13.0. The van der Waals surface area contributed by atoms with Gasteiger partial charge in [-0.3, -0.25) is 9.59 Å². The van der Waals surface area contributed by atoms with Gasteiger partial charge in [0.05, 0.1) is 0 Å². The van der Waals surface area contributed by atoms with Crippen molar-refractivity contribution in [2.24, 2.45) is 5.41 Å². The Hall–Kier alpha value is -2.53. The first kappa shape index (κ1) is 27.1. The second-order valence-electron chi connectivity index (χ2n) is 10.2. The lowest BCUT2D eigenvalue weighted by Gasteiger charge is -2.37. The molecule has 2 aromatic rings. The van der Waals surface area contributed by atoms with Gasteiger partial charge in [-0.05, 0) is 74.7 Å². The zero-order chi connectivity index (χ0) is 25.3. The highest BCUT2D eigenvalue weighted by Gasteiger charge is 2.39. The van der Waals surface area contributed by atoms with Gasteiger partial charge in [-0.1, -0.05) is 81.4 Å². The predicted molar refractivity (Wildman–Crippen MR) is 145 cm³/mol. The number of hydrogen-bond acceptors (Lipinski definition) is 4. The molecule has 188 valence electrons. The Bertz CT molecular complexity index is 930. The summed E-state index contributed by atoms with van der Waals surface area (Å²) >= 11 is 5.79. The molecule has 0 spiro atoms. The molecule has 2 aromatic carbocycles. The first-order chi connectivity index (χ1) is 16.8. The molecule has 0 radical (unpaired) electrons. The Morgan fingerprint density at radius 3 is 2.03 bits per heavy atom. The minimum Gasteiger partial charge on any atom is -0.482 e. The van der Waals surface area contributed by atoms with Crippen LogP contribution in [0, 0.1) is 5.41 Å². The molecule has 1 amide bonds. The van der Waals surface area contributed by atoms with Gasteiger partial charge in [-0.2, -0.15) is 0 Å². The zero-order valence-corrected chi connectivity index (χ0v) is 22.2. The Morgan fingerprint density at radius 1 is 0.971 bits per heavy atom. The molecule has 4 nitrogen and oxygen atoms in total. The van der Waals surface area contributed by atoms with Crippen LogP contribution in [0.15, 0.2) is 60.7 Å². The summed E-state index contributed by atoms with van der Waals surface area (Å²) in [6, 6.07) is 20.5. The van der Waals surface area contributed by atoms with Gasteiger partial charge in [0.2, 0.25) is 5.78 Å². The third kappa shape index (κ3) is 7.73. The molecule has 1 heterocycles. The lowest BCUT2D eigenvalue weighted by molar-refractivity contribution is -0.150. The number of nitrogens with zero attached hydrogens (tertiary/aromatic N) is 1. The summed E-state index contributed by atoms with van der Waals surface area (Å²) < 4.78 is 6.43. The van der Waals surface area contributed by atoms with Crippen LogP contribution in [0.5, 0.6) is 0 Å². The molecule has 1 aliphatic rings. The number of aryl methyl sites for hydroxylation is 2. The number of benzene rings is 2. The third-order valence-corrected chi connectivity index (χ3v) is 7.58. The molecule has 0 saturated carbocycles. The standard InChI is InChI=1S/C30H39NO3S/c1-4-30(2,3)27(32)28(33)31-22-12-11-17-26(31)29(35)34-25(20-18-23-13-7-5-8-14-23)21-19-24-15-9-6-10-16-24/h5-10,13-16,25-26H,4,11-12,17-22H2,1-3H3. The van der Waals surface area contributed by atoms with E-state index in [-0.39, 0.29) is 17.9 Å². The van der Waals surface area contributed by atoms with E-state index in [1.807, 2.05) is 32.9 Å². The van der Waals surface area contributed by atoms with Crippen molar-refractivity contribution in [3.63, 3.8) is 0 Å². The number of Topliss-reactive ketones (excluding diaryl/α,β-unsaturated/α-hetero) is 1. The van der Waals surface area contributed by atoms with Gasteiger partial charge < -0.3 is 9.64 Å².